The van der Waals surface area contributed by atoms with Gasteiger partial charge in [-0.3, -0.25) is 14.8 Å². The number of aromatic carboxylic acids is 1. The van der Waals surface area contributed by atoms with Gasteiger partial charge in [0.2, 0.25) is 0 Å². The third-order valence-electron chi connectivity index (χ3n) is 11.5. The molecule has 0 aliphatic carbocycles. The summed E-state index contributed by atoms with van der Waals surface area (Å²) in [7, 11) is 0. The van der Waals surface area contributed by atoms with Gasteiger partial charge in [-0.1, -0.05) is 129 Å². The van der Waals surface area contributed by atoms with Crippen molar-refractivity contribution in [3.8, 4) is 0 Å². The number of rotatable bonds is 18. The summed E-state index contributed by atoms with van der Waals surface area (Å²) >= 11 is 2.68. The lowest BCUT2D eigenvalue weighted by Crippen LogP contribution is -2.46. The van der Waals surface area contributed by atoms with E-state index < -0.39 is 42.2 Å². The number of amides is 2. The number of hydrogen-bond donors (Lipinski definition) is 4. The van der Waals surface area contributed by atoms with Crippen molar-refractivity contribution in [3.05, 3.63) is 200 Å². The number of carbonyl (C=O) groups excluding carboxylic acids is 5. The first-order chi connectivity index (χ1) is 36.2. The molecule has 4 heterocycles. The standard InChI is InChI=1S/C29H28N2O5S.C18H20N2O4.C10H9NO2S.CH4.ClH/c1-19-16-30-24-15-26(37-27(24)20(19)2)25(32)14-13-23(28(33)35-17-21-9-5-3-6-10-21)31-29(34)36-18-22-11-7-4-8-12-22;19-11-16(17(21)23-12-14-7-3-1-4-8-14)20-18(22)24-13-15-9-5-2-6-10-15;1-5-4-11-7-3-8(10(12)13)14-9(7)6(5)2;;/h3-12,15-16,23H,13-14,17-18H2,1-2H3,(H,31,34);1-10,16H,11-13,19H2,(H,20,22);3-4H,1-2H3,(H,12,13);1H4;1H/t23-;16-;;;/m11.../s1. The van der Waals surface area contributed by atoms with Gasteiger partial charge in [0.25, 0.3) is 0 Å². The van der Waals surface area contributed by atoms with Gasteiger partial charge in [-0.15, -0.1) is 35.1 Å². The van der Waals surface area contributed by atoms with E-state index in [1.54, 1.807) is 24.5 Å². The molecule has 2 amide bonds. The average molecular weight is 1100 g/mol. The lowest BCUT2D eigenvalue weighted by Gasteiger charge is -2.17. The van der Waals surface area contributed by atoms with Gasteiger partial charge in [0.15, 0.2) is 5.78 Å². The highest BCUT2D eigenvalue weighted by Gasteiger charge is 2.26. The Labute approximate surface area is 461 Å². The summed E-state index contributed by atoms with van der Waals surface area (Å²) in [5.41, 5.74) is 14.8. The molecule has 2 atom stereocenters. The zero-order valence-corrected chi connectivity index (χ0v) is 44.6. The van der Waals surface area contributed by atoms with Crippen LogP contribution in [0.5, 0.6) is 0 Å². The van der Waals surface area contributed by atoms with E-state index in [0.29, 0.717) is 9.75 Å². The molecule has 0 bridgehead atoms. The summed E-state index contributed by atoms with van der Waals surface area (Å²) in [6.45, 7) is 8.23. The Morgan fingerprint density at radius 2 is 0.896 bits per heavy atom. The Hall–Kier alpha value is -8.03. The Bertz CT molecular complexity index is 3200. The van der Waals surface area contributed by atoms with Crippen LogP contribution in [0.4, 0.5) is 9.59 Å². The summed E-state index contributed by atoms with van der Waals surface area (Å²) in [5.74, 6) is -2.23. The fourth-order valence-corrected chi connectivity index (χ4v) is 9.10. The average Bonchev–Trinajstić information content (AvgIpc) is 4.09. The quantitative estimate of drug-likeness (QED) is 0.0355. The molecule has 0 aliphatic heterocycles. The Morgan fingerprint density at radius 3 is 1.29 bits per heavy atom. The molecule has 16 nitrogen and oxygen atoms in total. The van der Waals surface area contributed by atoms with Gasteiger partial charge in [-0.05, 0) is 90.8 Å². The van der Waals surface area contributed by atoms with Crippen molar-refractivity contribution in [2.45, 2.75) is 86.5 Å². The summed E-state index contributed by atoms with van der Waals surface area (Å²) in [4.78, 5) is 82.4. The van der Waals surface area contributed by atoms with Crippen molar-refractivity contribution in [1.82, 2.24) is 20.6 Å². The molecule has 0 saturated heterocycles. The molecule has 8 aromatic rings. The molecule has 19 heteroatoms. The number of nitrogens with zero attached hydrogens (tertiary/aromatic N) is 2. The smallest absolute Gasteiger partial charge is 0.408 e. The second-order valence-electron chi connectivity index (χ2n) is 17.0. The van der Waals surface area contributed by atoms with Gasteiger partial charge in [-0.25, -0.2) is 24.0 Å². The maximum Gasteiger partial charge on any atom is 0.408 e. The van der Waals surface area contributed by atoms with Gasteiger partial charge < -0.3 is 40.4 Å². The molecule has 77 heavy (non-hydrogen) atoms. The van der Waals surface area contributed by atoms with E-state index in [1.807, 2.05) is 149 Å². The number of aromatic nitrogens is 2. The first-order valence-corrected chi connectivity index (χ1v) is 25.4. The zero-order valence-electron chi connectivity index (χ0n) is 42.2. The number of esters is 2. The number of carboxylic acids is 1. The zero-order chi connectivity index (χ0) is 53.7. The summed E-state index contributed by atoms with van der Waals surface area (Å²) < 4.78 is 22.9. The summed E-state index contributed by atoms with van der Waals surface area (Å²) in [5, 5.41) is 13.8. The number of carbonyl (C=O) groups is 6. The number of nitrogens with two attached hydrogens (primary N) is 1. The number of alkyl carbamates (subject to hydrolysis) is 2. The van der Waals surface area contributed by atoms with Crippen LogP contribution >= 0.6 is 35.1 Å². The maximum atomic E-state index is 13.0. The molecule has 0 unspecified atom stereocenters. The van der Waals surface area contributed by atoms with Gasteiger partial charge in [0.1, 0.15) is 43.4 Å². The number of fused-ring (bicyclic) bond motifs is 2. The first kappa shape index (κ1) is 61.5. The predicted molar refractivity (Wildman–Crippen MR) is 301 cm³/mol. The van der Waals surface area contributed by atoms with Gasteiger partial charge in [0, 0.05) is 25.4 Å². The fourth-order valence-electron chi connectivity index (χ4n) is 6.95. The molecular formula is C58H62ClN5O11S2. The molecule has 0 saturated carbocycles. The minimum absolute atomic E-state index is 0. The number of ether oxygens (including phenoxy) is 4. The van der Waals surface area contributed by atoms with E-state index in [-0.39, 0.29) is 71.4 Å². The number of ketones is 1. The van der Waals surface area contributed by atoms with E-state index in [9.17, 15) is 28.8 Å². The molecule has 404 valence electrons. The van der Waals surface area contributed by atoms with E-state index >= 15 is 0 Å². The molecule has 4 aromatic heterocycles. The monoisotopic (exact) mass is 1100 g/mol. The number of Topliss-reactive ketones (excluding diaryl/α,β-unsaturated/α-hetero) is 1. The number of halogens is 1. The molecule has 5 N–H and O–H groups in total. The van der Waals surface area contributed by atoms with Crippen LogP contribution in [0, 0.1) is 27.7 Å². The fraction of sp³-hybridized carbons (Fsp3) is 0.241. The van der Waals surface area contributed by atoms with Crippen molar-refractivity contribution in [1.29, 1.82) is 0 Å². The highest BCUT2D eigenvalue weighted by Crippen LogP contribution is 2.30. The molecule has 0 aliphatic rings. The number of benzene rings is 4. The van der Waals surface area contributed by atoms with Crippen LogP contribution in [-0.2, 0) is 55.0 Å². The van der Waals surface area contributed by atoms with E-state index in [4.69, 9.17) is 29.8 Å². The van der Waals surface area contributed by atoms with Crippen LogP contribution in [0.1, 0.15) is 84.1 Å². The number of pyridine rings is 2. The highest BCUT2D eigenvalue weighted by atomic mass is 35.5. The number of nitrogens with one attached hydrogen (secondary N) is 2. The van der Waals surface area contributed by atoms with Crippen molar-refractivity contribution in [2.24, 2.45) is 5.73 Å². The topological polar surface area (TPSA) is 235 Å². The SMILES string of the molecule is C.Cc1cnc2cc(C(=O)CC[C@@H](NC(=O)OCc3ccccc3)C(=O)OCc3ccccc3)sc2c1C.Cc1cnc2cc(C(=O)O)sc2c1C.Cl.NC[C@@H](NC(=O)OCc1ccccc1)C(=O)OCc1ccccc1. The van der Waals surface area contributed by atoms with Crippen molar-refractivity contribution in [3.63, 3.8) is 0 Å². The number of hydrogen-bond acceptors (Lipinski definition) is 15. The van der Waals surface area contributed by atoms with E-state index in [2.05, 4.69) is 20.6 Å². The highest BCUT2D eigenvalue weighted by molar-refractivity contribution is 7.21. The van der Waals surface area contributed by atoms with Crippen LogP contribution < -0.4 is 16.4 Å². The van der Waals surface area contributed by atoms with Crippen LogP contribution in [0.2, 0.25) is 0 Å². The van der Waals surface area contributed by atoms with E-state index in [1.165, 1.54) is 22.7 Å². The minimum Gasteiger partial charge on any atom is -0.477 e. The second-order valence-corrected chi connectivity index (χ2v) is 19.1. The Kier molecular flexibility index (Phi) is 24.9. The minimum atomic E-state index is -1.03. The largest absolute Gasteiger partial charge is 0.477 e. The third kappa shape index (κ3) is 18.9. The van der Waals surface area contributed by atoms with Crippen LogP contribution in [0.15, 0.2) is 146 Å². The first-order valence-electron chi connectivity index (χ1n) is 23.7. The number of aryl methyl sites for hydroxylation is 4. The predicted octanol–water partition coefficient (Wildman–Crippen LogP) is 11.6. The third-order valence-corrected chi connectivity index (χ3v) is 14.0. The normalized spacial score (nSPS) is 11.1. The van der Waals surface area contributed by atoms with Crippen LogP contribution in [-0.4, -0.2) is 69.6 Å². The van der Waals surface area contributed by atoms with E-state index in [0.717, 1.165) is 64.9 Å². The molecule has 0 spiro atoms. The lowest BCUT2D eigenvalue weighted by molar-refractivity contribution is -0.148. The van der Waals surface area contributed by atoms with Crippen LogP contribution in [0.3, 0.4) is 0 Å². The van der Waals surface area contributed by atoms with Crippen molar-refractivity contribution < 1.29 is 52.8 Å². The van der Waals surface area contributed by atoms with Crippen LogP contribution in [0.25, 0.3) is 20.4 Å². The van der Waals surface area contributed by atoms with Gasteiger partial charge in [-0.2, -0.15) is 0 Å². The second kappa shape index (κ2) is 31.1. The Morgan fingerprint density at radius 1 is 0.545 bits per heavy atom. The number of thiophene rings is 2. The van der Waals surface area contributed by atoms with Gasteiger partial charge >= 0.3 is 30.1 Å². The maximum absolute atomic E-state index is 13.0. The molecule has 0 radical (unpaired) electrons. The molecule has 4 aromatic carbocycles. The summed E-state index contributed by atoms with van der Waals surface area (Å²) in [6, 6.07) is 38.4. The molecular weight excluding hydrogens is 1040 g/mol. The summed E-state index contributed by atoms with van der Waals surface area (Å²) in [6.07, 6.45) is 2.22. The molecule has 8 rings (SSSR count). The van der Waals surface area contributed by atoms with Gasteiger partial charge in [0.05, 0.1) is 25.3 Å². The Balaban J connectivity index is 0.000000274. The van der Waals surface area contributed by atoms with Crippen molar-refractivity contribution >= 4 is 91.4 Å². The molecule has 0 fully saturated rings. The van der Waals surface area contributed by atoms with Crippen molar-refractivity contribution in [2.75, 3.05) is 6.54 Å². The lowest BCUT2D eigenvalue weighted by atomic mass is 10.1. The number of carboxylic acid groups (broad SMARTS) is 1.